The van der Waals surface area contributed by atoms with E-state index in [9.17, 15) is 4.79 Å². The van der Waals surface area contributed by atoms with Crippen molar-refractivity contribution in [2.75, 3.05) is 7.11 Å². The van der Waals surface area contributed by atoms with E-state index < -0.39 is 0 Å². The molecule has 0 saturated carbocycles. The van der Waals surface area contributed by atoms with E-state index in [4.69, 9.17) is 9.47 Å². The van der Waals surface area contributed by atoms with E-state index in [0.717, 1.165) is 28.1 Å². The van der Waals surface area contributed by atoms with Crippen LogP contribution in [-0.2, 0) is 20.2 Å². The minimum absolute atomic E-state index is 0.240. The largest absolute Gasteiger partial charge is 0.493 e. The summed E-state index contributed by atoms with van der Waals surface area (Å²) in [4.78, 5) is 12.7. The second-order valence-electron chi connectivity index (χ2n) is 7.78. The highest BCUT2D eigenvalue weighted by molar-refractivity contribution is 5.93. The molecule has 8 nitrogen and oxygen atoms in total. The highest BCUT2D eigenvalue weighted by Crippen LogP contribution is 2.29. The SMILES string of the molecule is COc1cc(CNC(=O)c2cc(-c3c(C)nn(C)c3C)n[nH]2)ccc1OCc1ccccc1. The van der Waals surface area contributed by atoms with Gasteiger partial charge in [-0.15, -0.1) is 0 Å². The fraction of sp³-hybridized carbons (Fsp3) is 0.240. The minimum atomic E-state index is -0.240. The van der Waals surface area contributed by atoms with Crippen LogP contribution in [0.25, 0.3) is 11.3 Å². The average molecular weight is 446 g/mol. The van der Waals surface area contributed by atoms with Crippen LogP contribution in [0.4, 0.5) is 0 Å². The van der Waals surface area contributed by atoms with Crippen LogP contribution in [0.1, 0.15) is 33.0 Å². The molecule has 0 aliphatic heterocycles. The molecule has 0 aliphatic rings. The summed E-state index contributed by atoms with van der Waals surface area (Å²) in [5, 5.41) is 14.5. The number of nitrogens with zero attached hydrogens (tertiary/aromatic N) is 3. The number of hydrogen-bond acceptors (Lipinski definition) is 5. The van der Waals surface area contributed by atoms with Crippen molar-refractivity contribution in [2.24, 2.45) is 7.05 Å². The van der Waals surface area contributed by atoms with Gasteiger partial charge in [0.05, 0.1) is 18.5 Å². The summed E-state index contributed by atoms with van der Waals surface area (Å²) in [6.45, 7) is 4.69. The maximum absolute atomic E-state index is 12.7. The molecule has 1 amide bonds. The van der Waals surface area contributed by atoms with Crippen molar-refractivity contribution in [3.8, 4) is 22.8 Å². The van der Waals surface area contributed by atoms with Crippen LogP contribution < -0.4 is 14.8 Å². The van der Waals surface area contributed by atoms with Gasteiger partial charge in [-0.3, -0.25) is 14.6 Å². The monoisotopic (exact) mass is 445 g/mol. The van der Waals surface area contributed by atoms with Gasteiger partial charge >= 0.3 is 0 Å². The number of aromatic amines is 1. The zero-order valence-corrected chi connectivity index (χ0v) is 19.2. The fourth-order valence-corrected chi connectivity index (χ4v) is 3.66. The summed E-state index contributed by atoms with van der Waals surface area (Å²) in [7, 11) is 3.49. The molecule has 2 heterocycles. The minimum Gasteiger partial charge on any atom is -0.493 e. The lowest BCUT2D eigenvalue weighted by atomic mass is 10.1. The Hall–Kier alpha value is -4.07. The van der Waals surface area contributed by atoms with Crippen molar-refractivity contribution in [3.63, 3.8) is 0 Å². The summed E-state index contributed by atoms with van der Waals surface area (Å²) >= 11 is 0. The maximum atomic E-state index is 12.7. The van der Waals surface area contributed by atoms with Gasteiger partial charge in [0.15, 0.2) is 11.5 Å². The van der Waals surface area contributed by atoms with Gasteiger partial charge in [-0.2, -0.15) is 10.2 Å². The predicted octanol–water partition coefficient (Wildman–Crippen LogP) is 3.94. The molecule has 0 aliphatic carbocycles. The van der Waals surface area contributed by atoms with Crippen LogP contribution >= 0.6 is 0 Å². The summed E-state index contributed by atoms with van der Waals surface area (Å²) in [6.07, 6.45) is 0. The van der Waals surface area contributed by atoms with Crippen molar-refractivity contribution in [3.05, 3.63) is 82.8 Å². The third-order valence-corrected chi connectivity index (χ3v) is 5.51. The van der Waals surface area contributed by atoms with Crippen LogP contribution in [-0.4, -0.2) is 33.0 Å². The van der Waals surface area contributed by atoms with Crippen molar-refractivity contribution in [2.45, 2.75) is 27.0 Å². The lowest BCUT2D eigenvalue weighted by Gasteiger charge is -2.12. The van der Waals surface area contributed by atoms with Gasteiger partial charge in [0.2, 0.25) is 0 Å². The van der Waals surface area contributed by atoms with Gasteiger partial charge in [0, 0.05) is 24.8 Å². The number of carbonyl (C=O) groups is 1. The number of ether oxygens (including phenoxy) is 2. The van der Waals surface area contributed by atoms with Crippen molar-refractivity contribution in [1.29, 1.82) is 0 Å². The zero-order chi connectivity index (χ0) is 23.4. The first kappa shape index (κ1) is 22.1. The van der Waals surface area contributed by atoms with Gasteiger partial charge in [0.1, 0.15) is 12.3 Å². The Balaban J connectivity index is 1.39. The number of aryl methyl sites for hydroxylation is 2. The smallest absolute Gasteiger partial charge is 0.269 e. The van der Waals surface area contributed by atoms with Crippen molar-refractivity contribution < 1.29 is 14.3 Å². The third-order valence-electron chi connectivity index (χ3n) is 5.51. The van der Waals surface area contributed by atoms with E-state index in [1.165, 1.54) is 0 Å². The highest BCUT2D eigenvalue weighted by Gasteiger charge is 2.17. The molecule has 170 valence electrons. The van der Waals surface area contributed by atoms with Gasteiger partial charge in [-0.1, -0.05) is 36.4 Å². The van der Waals surface area contributed by atoms with E-state index >= 15 is 0 Å². The van der Waals surface area contributed by atoms with Crippen molar-refractivity contribution in [1.82, 2.24) is 25.3 Å². The molecule has 2 N–H and O–H groups in total. The van der Waals surface area contributed by atoms with Gasteiger partial charge in [0.25, 0.3) is 5.91 Å². The maximum Gasteiger partial charge on any atom is 0.269 e. The Bertz CT molecular complexity index is 1260. The lowest BCUT2D eigenvalue weighted by Crippen LogP contribution is -2.23. The molecule has 4 rings (SSSR count). The Morgan fingerprint density at radius 3 is 2.55 bits per heavy atom. The van der Waals surface area contributed by atoms with Crippen LogP contribution in [0.5, 0.6) is 11.5 Å². The lowest BCUT2D eigenvalue weighted by molar-refractivity contribution is 0.0946. The molecular weight excluding hydrogens is 418 g/mol. The number of carbonyl (C=O) groups excluding carboxylic acids is 1. The molecule has 0 radical (unpaired) electrons. The summed E-state index contributed by atoms with van der Waals surface area (Å²) in [6, 6.07) is 17.3. The average Bonchev–Trinajstić information content (AvgIpc) is 3.40. The van der Waals surface area contributed by atoms with Gasteiger partial charge in [-0.05, 0) is 43.2 Å². The number of amides is 1. The predicted molar refractivity (Wildman–Crippen MR) is 125 cm³/mol. The molecule has 2 aromatic carbocycles. The van der Waals surface area contributed by atoms with Crippen LogP contribution in [0.2, 0.25) is 0 Å². The molecule has 4 aromatic rings. The molecule has 0 unspecified atom stereocenters. The number of aromatic nitrogens is 4. The number of rotatable bonds is 8. The molecule has 0 saturated heterocycles. The second kappa shape index (κ2) is 9.60. The highest BCUT2D eigenvalue weighted by atomic mass is 16.5. The molecule has 33 heavy (non-hydrogen) atoms. The Morgan fingerprint density at radius 2 is 1.85 bits per heavy atom. The normalized spacial score (nSPS) is 10.8. The van der Waals surface area contributed by atoms with E-state index in [1.807, 2.05) is 69.4 Å². The molecule has 0 spiro atoms. The van der Waals surface area contributed by atoms with Crippen LogP contribution in [0.15, 0.2) is 54.6 Å². The summed E-state index contributed by atoms with van der Waals surface area (Å²) in [5.41, 5.74) is 5.86. The quantitative estimate of drug-likeness (QED) is 0.428. The first-order valence-electron chi connectivity index (χ1n) is 10.6. The Labute approximate surface area is 192 Å². The van der Waals surface area contributed by atoms with Gasteiger partial charge in [-0.25, -0.2) is 0 Å². The van der Waals surface area contributed by atoms with Gasteiger partial charge < -0.3 is 14.8 Å². The Kier molecular flexibility index (Phi) is 6.44. The molecule has 0 atom stereocenters. The first-order chi connectivity index (χ1) is 16.0. The topological polar surface area (TPSA) is 94.1 Å². The van der Waals surface area contributed by atoms with Crippen LogP contribution in [0.3, 0.4) is 0 Å². The number of H-pyrrole nitrogens is 1. The van der Waals surface area contributed by atoms with E-state index in [1.54, 1.807) is 17.9 Å². The fourth-order valence-electron chi connectivity index (χ4n) is 3.66. The first-order valence-corrected chi connectivity index (χ1v) is 10.6. The van der Waals surface area contributed by atoms with E-state index in [0.29, 0.717) is 36.0 Å². The molecule has 2 aromatic heterocycles. The number of benzene rings is 2. The van der Waals surface area contributed by atoms with Crippen molar-refractivity contribution >= 4 is 5.91 Å². The third kappa shape index (κ3) is 4.90. The molecule has 8 heteroatoms. The Morgan fingerprint density at radius 1 is 1.06 bits per heavy atom. The second-order valence-corrected chi connectivity index (χ2v) is 7.78. The number of nitrogens with one attached hydrogen (secondary N) is 2. The van der Waals surface area contributed by atoms with Crippen LogP contribution in [0, 0.1) is 13.8 Å². The molecule has 0 fully saturated rings. The summed E-state index contributed by atoms with van der Waals surface area (Å²) in [5.74, 6) is 1.03. The standard InChI is InChI=1S/C25H27N5O3/c1-16-24(17(2)30(3)29-16)20-13-21(28-27-20)25(31)26-14-19-10-11-22(23(12-19)32-4)33-15-18-8-6-5-7-9-18/h5-13H,14-15H2,1-4H3,(H,26,31)(H,27,28). The number of methoxy groups -OCH3 is 1. The number of hydrogen-bond donors (Lipinski definition) is 2. The molecule has 0 bridgehead atoms. The van der Waals surface area contributed by atoms with E-state index in [-0.39, 0.29) is 5.91 Å². The molecular formula is C25H27N5O3. The van der Waals surface area contributed by atoms with E-state index in [2.05, 4.69) is 20.6 Å². The zero-order valence-electron chi connectivity index (χ0n) is 19.2. The summed E-state index contributed by atoms with van der Waals surface area (Å²) < 4.78 is 13.2.